The molecule has 21 heavy (non-hydrogen) atoms. The Morgan fingerprint density at radius 2 is 2.14 bits per heavy atom. The third-order valence-corrected chi connectivity index (χ3v) is 3.57. The number of halogens is 1. The summed E-state index contributed by atoms with van der Waals surface area (Å²) in [6.45, 7) is 2.78. The Kier molecular flexibility index (Phi) is 4.57. The SMILES string of the molecule is CCOCC1(C(=O)Nc2ccc(CC(=O)O)c(F)c2)CC1. The minimum Gasteiger partial charge on any atom is -0.481 e. The maximum Gasteiger partial charge on any atom is 0.307 e. The van der Waals surface area contributed by atoms with Crippen molar-refractivity contribution in [2.75, 3.05) is 18.5 Å². The van der Waals surface area contributed by atoms with Crippen LogP contribution in [-0.4, -0.2) is 30.2 Å². The molecule has 0 heterocycles. The van der Waals surface area contributed by atoms with Gasteiger partial charge in [0.1, 0.15) is 5.82 Å². The standard InChI is InChI=1S/C15H18FNO4/c1-2-21-9-15(5-6-15)14(20)17-11-4-3-10(7-13(18)19)12(16)8-11/h3-4,8H,2,5-7,9H2,1H3,(H,17,20)(H,18,19). The van der Waals surface area contributed by atoms with Gasteiger partial charge < -0.3 is 15.2 Å². The molecule has 2 rings (SSSR count). The summed E-state index contributed by atoms with van der Waals surface area (Å²) in [5, 5.41) is 11.3. The van der Waals surface area contributed by atoms with Gasteiger partial charge in [0.25, 0.3) is 0 Å². The van der Waals surface area contributed by atoms with Crippen molar-refractivity contribution in [1.29, 1.82) is 0 Å². The van der Waals surface area contributed by atoms with Crippen LogP contribution in [0.15, 0.2) is 18.2 Å². The predicted molar refractivity (Wildman–Crippen MR) is 74.5 cm³/mol. The molecule has 1 aliphatic rings. The van der Waals surface area contributed by atoms with E-state index < -0.39 is 17.2 Å². The molecule has 0 unspecified atom stereocenters. The number of carbonyl (C=O) groups is 2. The molecule has 0 bridgehead atoms. The number of rotatable bonds is 7. The van der Waals surface area contributed by atoms with Gasteiger partial charge in [0.15, 0.2) is 0 Å². The molecule has 0 aromatic heterocycles. The highest BCUT2D eigenvalue weighted by Gasteiger charge is 2.50. The van der Waals surface area contributed by atoms with Gasteiger partial charge in [-0.1, -0.05) is 6.07 Å². The molecular weight excluding hydrogens is 277 g/mol. The molecule has 0 radical (unpaired) electrons. The molecule has 1 aromatic carbocycles. The fraction of sp³-hybridized carbons (Fsp3) is 0.467. The Labute approximate surface area is 122 Å². The first-order chi connectivity index (χ1) is 9.97. The van der Waals surface area contributed by atoms with E-state index in [0.717, 1.165) is 18.9 Å². The molecule has 0 saturated heterocycles. The Morgan fingerprint density at radius 1 is 1.43 bits per heavy atom. The Hall–Kier alpha value is -1.95. The molecule has 0 aliphatic heterocycles. The normalized spacial score (nSPS) is 15.5. The van der Waals surface area contributed by atoms with E-state index in [-0.39, 0.29) is 17.9 Å². The van der Waals surface area contributed by atoms with Gasteiger partial charge in [0.05, 0.1) is 18.4 Å². The number of carboxylic acid groups (broad SMARTS) is 1. The van der Waals surface area contributed by atoms with Crippen LogP contribution in [0, 0.1) is 11.2 Å². The average molecular weight is 295 g/mol. The molecule has 1 aliphatic carbocycles. The van der Waals surface area contributed by atoms with E-state index in [1.165, 1.54) is 12.1 Å². The molecule has 0 atom stereocenters. The van der Waals surface area contributed by atoms with Gasteiger partial charge >= 0.3 is 5.97 Å². The number of anilines is 1. The summed E-state index contributed by atoms with van der Waals surface area (Å²) in [4.78, 5) is 22.7. The predicted octanol–water partition coefficient (Wildman–Crippen LogP) is 2.21. The molecule has 1 fully saturated rings. The van der Waals surface area contributed by atoms with Gasteiger partial charge in [0, 0.05) is 12.3 Å². The van der Waals surface area contributed by atoms with Gasteiger partial charge in [-0.25, -0.2) is 4.39 Å². The smallest absolute Gasteiger partial charge is 0.307 e. The first kappa shape index (κ1) is 15.4. The maximum atomic E-state index is 13.7. The first-order valence-electron chi connectivity index (χ1n) is 6.86. The number of ether oxygens (including phenoxy) is 1. The van der Waals surface area contributed by atoms with Crippen molar-refractivity contribution in [1.82, 2.24) is 0 Å². The van der Waals surface area contributed by atoms with Crippen molar-refractivity contribution in [2.45, 2.75) is 26.2 Å². The summed E-state index contributed by atoms with van der Waals surface area (Å²) >= 11 is 0. The van der Waals surface area contributed by atoms with E-state index in [1.807, 2.05) is 6.92 Å². The number of aliphatic carboxylic acids is 1. The van der Waals surface area contributed by atoms with Gasteiger partial charge in [-0.15, -0.1) is 0 Å². The highest BCUT2D eigenvalue weighted by molar-refractivity contribution is 5.97. The van der Waals surface area contributed by atoms with Crippen LogP contribution in [0.5, 0.6) is 0 Å². The number of nitrogens with one attached hydrogen (secondary N) is 1. The van der Waals surface area contributed by atoms with Crippen molar-refractivity contribution in [3.63, 3.8) is 0 Å². The van der Waals surface area contributed by atoms with E-state index >= 15 is 0 Å². The lowest BCUT2D eigenvalue weighted by Gasteiger charge is -2.15. The first-order valence-corrected chi connectivity index (χ1v) is 6.86. The second-order valence-electron chi connectivity index (χ2n) is 5.25. The van der Waals surface area contributed by atoms with Crippen LogP contribution in [0.2, 0.25) is 0 Å². The highest BCUT2D eigenvalue weighted by Crippen LogP contribution is 2.46. The lowest BCUT2D eigenvalue weighted by atomic mass is 10.1. The summed E-state index contributed by atoms with van der Waals surface area (Å²) in [5.41, 5.74) is -0.0722. The highest BCUT2D eigenvalue weighted by atomic mass is 19.1. The van der Waals surface area contributed by atoms with Gasteiger partial charge in [-0.3, -0.25) is 9.59 Å². The molecule has 2 N–H and O–H groups in total. The molecule has 5 nitrogen and oxygen atoms in total. The van der Waals surface area contributed by atoms with E-state index in [4.69, 9.17) is 9.84 Å². The van der Waals surface area contributed by atoms with Crippen LogP contribution in [0.4, 0.5) is 10.1 Å². The summed E-state index contributed by atoms with van der Waals surface area (Å²) < 4.78 is 19.0. The number of carboxylic acids is 1. The molecule has 6 heteroatoms. The van der Waals surface area contributed by atoms with Gasteiger partial charge in [-0.2, -0.15) is 0 Å². The quantitative estimate of drug-likeness (QED) is 0.808. The van der Waals surface area contributed by atoms with E-state index in [2.05, 4.69) is 5.32 Å². The second kappa shape index (κ2) is 6.22. The van der Waals surface area contributed by atoms with Crippen molar-refractivity contribution < 1.29 is 23.8 Å². The Balaban J connectivity index is 2.01. The minimum atomic E-state index is -1.10. The third kappa shape index (κ3) is 3.78. The molecule has 0 spiro atoms. The van der Waals surface area contributed by atoms with Crippen LogP contribution < -0.4 is 5.32 Å². The van der Waals surface area contributed by atoms with E-state index in [1.54, 1.807) is 0 Å². The minimum absolute atomic E-state index is 0.0935. The van der Waals surface area contributed by atoms with E-state index in [9.17, 15) is 14.0 Å². The Bertz CT molecular complexity index is 555. The zero-order valence-corrected chi connectivity index (χ0v) is 11.8. The second-order valence-corrected chi connectivity index (χ2v) is 5.25. The van der Waals surface area contributed by atoms with Gasteiger partial charge in [-0.05, 0) is 37.5 Å². The zero-order valence-electron chi connectivity index (χ0n) is 11.8. The summed E-state index contributed by atoms with van der Waals surface area (Å²) in [6, 6.07) is 4.03. The summed E-state index contributed by atoms with van der Waals surface area (Å²) in [6.07, 6.45) is 1.14. The number of benzene rings is 1. The molecule has 1 amide bonds. The molecule has 114 valence electrons. The Morgan fingerprint density at radius 3 is 2.67 bits per heavy atom. The fourth-order valence-electron chi connectivity index (χ4n) is 2.08. The number of carbonyl (C=O) groups excluding carboxylic acids is 1. The van der Waals surface area contributed by atoms with Crippen molar-refractivity contribution >= 4 is 17.6 Å². The number of amides is 1. The third-order valence-electron chi connectivity index (χ3n) is 3.57. The van der Waals surface area contributed by atoms with Crippen LogP contribution in [0.25, 0.3) is 0 Å². The van der Waals surface area contributed by atoms with E-state index in [0.29, 0.717) is 18.9 Å². The fourth-order valence-corrected chi connectivity index (χ4v) is 2.08. The summed E-state index contributed by atoms with van der Waals surface area (Å²) in [7, 11) is 0. The van der Waals surface area contributed by atoms with Crippen molar-refractivity contribution in [3.05, 3.63) is 29.6 Å². The monoisotopic (exact) mass is 295 g/mol. The molecular formula is C15H18FNO4. The van der Waals surface area contributed by atoms with Crippen molar-refractivity contribution in [2.24, 2.45) is 5.41 Å². The topological polar surface area (TPSA) is 75.6 Å². The largest absolute Gasteiger partial charge is 0.481 e. The summed E-state index contributed by atoms with van der Waals surface area (Å²) in [5.74, 6) is -1.91. The van der Waals surface area contributed by atoms with Crippen LogP contribution in [0.1, 0.15) is 25.3 Å². The van der Waals surface area contributed by atoms with Gasteiger partial charge in [0.2, 0.25) is 5.91 Å². The lowest BCUT2D eigenvalue weighted by Crippen LogP contribution is -2.28. The van der Waals surface area contributed by atoms with Crippen molar-refractivity contribution in [3.8, 4) is 0 Å². The zero-order chi connectivity index (χ0) is 15.5. The molecule has 1 aromatic rings. The number of hydrogen-bond donors (Lipinski definition) is 2. The van der Waals surface area contributed by atoms with Crippen LogP contribution in [0.3, 0.4) is 0 Å². The lowest BCUT2D eigenvalue weighted by molar-refractivity contribution is -0.136. The number of hydrogen-bond acceptors (Lipinski definition) is 3. The maximum absolute atomic E-state index is 13.7. The van der Waals surface area contributed by atoms with Crippen LogP contribution in [-0.2, 0) is 20.7 Å². The molecule has 1 saturated carbocycles. The average Bonchev–Trinajstić information content (AvgIpc) is 3.20. The van der Waals surface area contributed by atoms with Crippen LogP contribution >= 0.6 is 0 Å².